The fourth-order valence-corrected chi connectivity index (χ4v) is 4.86. The van der Waals surface area contributed by atoms with E-state index in [1.54, 1.807) is 24.5 Å². The molecule has 0 spiro atoms. The lowest BCUT2D eigenvalue weighted by Crippen LogP contribution is -2.40. The standard InChI is InChI=1S/C20H19ClN4O5S/c21-16-3-5-17(6-4-16)31(27,28)25-10-7-14(8-11-25)20(26)29-13-18-23-19(24-30-18)15-2-1-9-22-12-15/h1-6,9,12,14H,7-8,10-11,13H2. The highest BCUT2D eigenvalue weighted by atomic mass is 35.5. The summed E-state index contributed by atoms with van der Waals surface area (Å²) in [6.07, 6.45) is 3.98. The summed E-state index contributed by atoms with van der Waals surface area (Å²) in [4.78, 5) is 20.8. The Morgan fingerprint density at radius 3 is 2.61 bits per heavy atom. The molecule has 1 saturated heterocycles. The molecule has 0 unspecified atom stereocenters. The number of nitrogens with zero attached hydrogens (tertiary/aromatic N) is 4. The van der Waals surface area contributed by atoms with Gasteiger partial charge in [-0.05, 0) is 49.2 Å². The molecule has 1 aliphatic heterocycles. The van der Waals surface area contributed by atoms with Gasteiger partial charge in [0.05, 0.1) is 10.8 Å². The van der Waals surface area contributed by atoms with Crippen molar-refractivity contribution in [1.29, 1.82) is 0 Å². The topological polar surface area (TPSA) is 115 Å². The molecule has 0 bridgehead atoms. The van der Waals surface area contributed by atoms with E-state index >= 15 is 0 Å². The number of esters is 1. The molecule has 0 N–H and O–H groups in total. The second-order valence-electron chi connectivity index (χ2n) is 6.99. The van der Waals surface area contributed by atoms with E-state index in [-0.39, 0.29) is 30.5 Å². The molecule has 11 heteroatoms. The van der Waals surface area contributed by atoms with Gasteiger partial charge in [0.1, 0.15) is 0 Å². The fraction of sp³-hybridized carbons (Fsp3) is 0.300. The zero-order chi connectivity index (χ0) is 21.8. The summed E-state index contributed by atoms with van der Waals surface area (Å²) in [5, 5.41) is 4.32. The maximum absolute atomic E-state index is 12.7. The van der Waals surface area contributed by atoms with Crippen molar-refractivity contribution in [3.05, 3.63) is 59.7 Å². The molecule has 3 heterocycles. The van der Waals surface area contributed by atoms with Gasteiger partial charge in [-0.25, -0.2) is 8.42 Å². The van der Waals surface area contributed by atoms with Crippen molar-refractivity contribution in [2.75, 3.05) is 13.1 Å². The van der Waals surface area contributed by atoms with Crippen LogP contribution in [-0.2, 0) is 26.2 Å². The van der Waals surface area contributed by atoms with Crippen molar-refractivity contribution in [3.63, 3.8) is 0 Å². The lowest BCUT2D eigenvalue weighted by molar-refractivity contribution is -0.152. The van der Waals surface area contributed by atoms with Gasteiger partial charge in [-0.2, -0.15) is 9.29 Å². The predicted octanol–water partition coefficient (Wildman–Crippen LogP) is 2.93. The fourth-order valence-electron chi connectivity index (χ4n) is 3.26. The largest absolute Gasteiger partial charge is 0.455 e. The number of halogens is 1. The summed E-state index contributed by atoms with van der Waals surface area (Å²) in [7, 11) is -3.62. The zero-order valence-electron chi connectivity index (χ0n) is 16.3. The first-order chi connectivity index (χ1) is 14.9. The molecule has 162 valence electrons. The van der Waals surface area contributed by atoms with E-state index in [1.807, 2.05) is 0 Å². The Labute approximate surface area is 184 Å². The SMILES string of the molecule is O=C(OCc1nc(-c2cccnc2)no1)C1CCN(S(=O)(=O)c2ccc(Cl)cc2)CC1. The van der Waals surface area contributed by atoms with Crippen molar-refractivity contribution in [1.82, 2.24) is 19.4 Å². The van der Waals surface area contributed by atoms with E-state index < -0.39 is 21.9 Å². The number of carbonyl (C=O) groups is 1. The Morgan fingerprint density at radius 2 is 1.94 bits per heavy atom. The minimum Gasteiger partial charge on any atom is -0.455 e. The number of piperidine rings is 1. The molecular formula is C20H19ClN4O5S. The Bertz CT molecular complexity index is 1140. The van der Waals surface area contributed by atoms with Gasteiger partial charge in [0.2, 0.25) is 15.8 Å². The Morgan fingerprint density at radius 1 is 1.19 bits per heavy atom. The average Bonchev–Trinajstić information content (AvgIpc) is 3.27. The highest BCUT2D eigenvalue weighted by molar-refractivity contribution is 7.89. The number of carbonyl (C=O) groups excluding carboxylic acids is 1. The molecule has 0 atom stereocenters. The van der Waals surface area contributed by atoms with Crippen LogP contribution in [-0.4, -0.2) is 46.9 Å². The number of aromatic nitrogens is 3. The van der Waals surface area contributed by atoms with Crippen LogP contribution in [0, 0.1) is 5.92 Å². The number of pyridine rings is 1. The molecule has 1 fully saturated rings. The van der Waals surface area contributed by atoms with Gasteiger partial charge >= 0.3 is 5.97 Å². The van der Waals surface area contributed by atoms with Gasteiger partial charge in [-0.3, -0.25) is 9.78 Å². The summed E-state index contributed by atoms with van der Waals surface area (Å²) in [6.45, 7) is 0.322. The number of rotatable bonds is 6. The first-order valence-electron chi connectivity index (χ1n) is 9.59. The summed E-state index contributed by atoms with van der Waals surface area (Å²) < 4.78 is 37.3. The molecule has 0 amide bonds. The first-order valence-corrected chi connectivity index (χ1v) is 11.4. The first kappa shape index (κ1) is 21.4. The van der Waals surface area contributed by atoms with E-state index in [2.05, 4.69) is 15.1 Å². The molecule has 2 aromatic heterocycles. The van der Waals surface area contributed by atoms with E-state index in [0.717, 1.165) is 0 Å². The zero-order valence-corrected chi connectivity index (χ0v) is 17.9. The molecule has 1 aliphatic rings. The Hall–Kier alpha value is -2.82. The van der Waals surface area contributed by atoms with Gasteiger partial charge in [-0.1, -0.05) is 16.8 Å². The lowest BCUT2D eigenvalue weighted by atomic mass is 9.98. The second-order valence-corrected chi connectivity index (χ2v) is 9.37. The number of hydrogen-bond donors (Lipinski definition) is 0. The Balaban J connectivity index is 1.30. The van der Waals surface area contributed by atoms with Gasteiger partial charge in [0.25, 0.3) is 5.89 Å². The number of sulfonamides is 1. The van der Waals surface area contributed by atoms with E-state index in [9.17, 15) is 13.2 Å². The maximum Gasteiger partial charge on any atom is 0.309 e. The molecule has 0 saturated carbocycles. The van der Waals surface area contributed by atoms with Crippen LogP contribution in [0.25, 0.3) is 11.4 Å². The van der Waals surface area contributed by atoms with Crippen molar-refractivity contribution < 1.29 is 22.5 Å². The molecule has 0 aliphatic carbocycles. The summed E-state index contributed by atoms with van der Waals surface area (Å²) in [5.41, 5.74) is 0.693. The lowest BCUT2D eigenvalue weighted by Gasteiger charge is -2.30. The number of hydrogen-bond acceptors (Lipinski definition) is 8. The summed E-state index contributed by atoms with van der Waals surface area (Å²) in [6, 6.07) is 9.57. The normalized spacial score (nSPS) is 15.6. The van der Waals surface area contributed by atoms with E-state index in [4.69, 9.17) is 20.9 Å². The van der Waals surface area contributed by atoms with Crippen LogP contribution >= 0.6 is 11.6 Å². The summed E-state index contributed by atoms with van der Waals surface area (Å²) >= 11 is 5.83. The smallest absolute Gasteiger partial charge is 0.309 e. The van der Waals surface area contributed by atoms with Gasteiger partial charge in [0, 0.05) is 36.1 Å². The van der Waals surface area contributed by atoms with Crippen LogP contribution in [0.5, 0.6) is 0 Å². The third kappa shape index (κ3) is 4.92. The number of benzene rings is 1. The van der Waals surface area contributed by atoms with E-state index in [1.165, 1.54) is 28.6 Å². The molecule has 9 nitrogen and oxygen atoms in total. The molecule has 0 radical (unpaired) electrons. The minimum atomic E-state index is -3.62. The summed E-state index contributed by atoms with van der Waals surface area (Å²) in [5.74, 6) is -0.267. The van der Waals surface area contributed by atoms with Crippen molar-refractivity contribution >= 4 is 27.6 Å². The van der Waals surface area contributed by atoms with Crippen molar-refractivity contribution in [2.45, 2.75) is 24.3 Å². The highest BCUT2D eigenvalue weighted by Gasteiger charge is 2.33. The minimum absolute atomic E-state index is 0.143. The van der Waals surface area contributed by atoms with Crippen LogP contribution in [0.1, 0.15) is 18.7 Å². The second kappa shape index (κ2) is 9.13. The van der Waals surface area contributed by atoms with Crippen LogP contribution < -0.4 is 0 Å². The van der Waals surface area contributed by atoms with Gasteiger partial charge in [-0.15, -0.1) is 0 Å². The average molecular weight is 463 g/mol. The molecule has 1 aromatic carbocycles. The third-order valence-corrected chi connectivity index (χ3v) is 7.13. The van der Waals surface area contributed by atoms with Crippen LogP contribution in [0.2, 0.25) is 5.02 Å². The van der Waals surface area contributed by atoms with E-state index in [0.29, 0.717) is 29.3 Å². The predicted molar refractivity (Wildman–Crippen MR) is 110 cm³/mol. The van der Waals surface area contributed by atoms with Crippen LogP contribution in [0.15, 0.2) is 58.2 Å². The molecular weight excluding hydrogens is 444 g/mol. The van der Waals surface area contributed by atoms with Gasteiger partial charge in [0.15, 0.2) is 6.61 Å². The quantitative estimate of drug-likeness (QED) is 0.513. The molecule has 31 heavy (non-hydrogen) atoms. The van der Waals surface area contributed by atoms with Gasteiger partial charge < -0.3 is 9.26 Å². The molecule has 4 rings (SSSR count). The van der Waals surface area contributed by atoms with Crippen molar-refractivity contribution in [3.8, 4) is 11.4 Å². The molecule has 3 aromatic rings. The van der Waals surface area contributed by atoms with Crippen LogP contribution in [0.3, 0.4) is 0 Å². The van der Waals surface area contributed by atoms with Crippen LogP contribution in [0.4, 0.5) is 0 Å². The third-order valence-electron chi connectivity index (χ3n) is 4.96. The number of ether oxygens (including phenoxy) is 1. The maximum atomic E-state index is 12.7. The Kier molecular flexibility index (Phi) is 6.30. The highest BCUT2D eigenvalue weighted by Crippen LogP contribution is 2.25. The monoisotopic (exact) mass is 462 g/mol. The van der Waals surface area contributed by atoms with Crippen molar-refractivity contribution in [2.24, 2.45) is 5.92 Å².